The number of ether oxygens (including phenoxy) is 1. The highest BCUT2D eigenvalue weighted by Gasteiger charge is 2.31. The molecule has 2 fully saturated rings. The lowest BCUT2D eigenvalue weighted by molar-refractivity contribution is 0.0730. The van der Waals surface area contributed by atoms with Gasteiger partial charge in [0.1, 0.15) is 0 Å². The summed E-state index contributed by atoms with van der Waals surface area (Å²) >= 11 is 0. The maximum Gasteiger partial charge on any atom is 0.255 e. The number of sulfonamides is 2. The molecule has 0 saturated carbocycles. The third-order valence-electron chi connectivity index (χ3n) is 6.29. The smallest absolute Gasteiger partial charge is 0.255 e. The van der Waals surface area contributed by atoms with E-state index in [2.05, 4.69) is 19.2 Å². The summed E-state index contributed by atoms with van der Waals surface area (Å²) in [5.74, 6) is 0.114. The Balaban J connectivity index is 1.47. The lowest BCUT2D eigenvalue weighted by Gasteiger charge is -2.34. The first kappa shape index (κ1) is 25.8. The van der Waals surface area contributed by atoms with Crippen LogP contribution in [0.4, 0.5) is 5.69 Å². The van der Waals surface area contributed by atoms with Gasteiger partial charge in [-0.25, -0.2) is 16.8 Å². The second-order valence-electron chi connectivity index (χ2n) is 9.29. The largest absolute Gasteiger partial charge is 0.379 e. The molecule has 0 radical (unpaired) electrons. The molecular weight excluding hydrogens is 490 g/mol. The maximum atomic E-state index is 13.1. The number of morpholine rings is 1. The van der Waals surface area contributed by atoms with Gasteiger partial charge in [0.2, 0.25) is 20.0 Å². The molecule has 2 aromatic carbocycles. The standard InChI is InChI=1S/C24H31N3O6S2/c1-18-14-19(2)17-27(16-18)34(29,30)22-8-6-21(7-9-22)25-24(28)20-4-3-5-23(15-20)35(31,32)26-10-12-33-13-11-26/h3-9,15,18-19H,10-14,16-17H2,1-2H3,(H,25,28). The van der Waals surface area contributed by atoms with E-state index >= 15 is 0 Å². The zero-order valence-electron chi connectivity index (χ0n) is 19.9. The first-order valence-corrected chi connectivity index (χ1v) is 14.5. The number of nitrogens with zero attached hydrogens (tertiary/aromatic N) is 2. The third-order valence-corrected chi connectivity index (χ3v) is 10.0. The first-order valence-electron chi connectivity index (χ1n) is 11.7. The number of rotatable bonds is 6. The van der Waals surface area contributed by atoms with Crippen LogP contribution in [0.1, 0.15) is 30.6 Å². The minimum Gasteiger partial charge on any atom is -0.379 e. The van der Waals surface area contributed by atoms with Crippen LogP contribution in [0, 0.1) is 11.8 Å². The second kappa shape index (κ2) is 10.4. The Labute approximate surface area is 207 Å². The predicted molar refractivity (Wildman–Crippen MR) is 132 cm³/mol. The summed E-state index contributed by atoms with van der Waals surface area (Å²) in [5, 5.41) is 2.71. The Morgan fingerprint density at radius 1 is 0.857 bits per heavy atom. The van der Waals surface area contributed by atoms with Crippen LogP contribution < -0.4 is 5.32 Å². The number of benzene rings is 2. The number of amides is 1. The number of hydrogen-bond donors (Lipinski definition) is 1. The fraction of sp³-hybridized carbons (Fsp3) is 0.458. The van der Waals surface area contributed by atoms with Crippen molar-refractivity contribution in [2.24, 2.45) is 11.8 Å². The Kier molecular flexibility index (Phi) is 7.62. The summed E-state index contributed by atoms with van der Waals surface area (Å²) in [6.07, 6.45) is 1.01. The summed E-state index contributed by atoms with van der Waals surface area (Å²) in [6, 6.07) is 11.9. The molecule has 2 saturated heterocycles. The molecule has 1 N–H and O–H groups in total. The zero-order valence-corrected chi connectivity index (χ0v) is 21.5. The fourth-order valence-corrected chi connectivity index (χ4v) is 7.73. The van der Waals surface area contributed by atoms with Crippen LogP contribution in [0.15, 0.2) is 58.3 Å². The zero-order chi connectivity index (χ0) is 25.2. The average Bonchev–Trinajstić information content (AvgIpc) is 2.84. The highest BCUT2D eigenvalue weighted by atomic mass is 32.2. The van der Waals surface area contributed by atoms with Crippen LogP contribution in [0.2, 0.25) is 0 Å². The average molecular weight is 522 g/mol. The lowest BCUT2D eigenvalue weighted by atomic mass is 9.94. The quantitative estimate of drug-likeness (QED) is 0.625. The maximum absolute atomic E-state index is 13.1. The van der Waals surface area contributed by atoms with Crippen molar-refractivity contribution < 1.29 is 26.4 Å². The minimum absolute atomic E-state index is 0.0403. The number of carbonyl (C=O) groups excluding carboxylic acids is 1. The molecule has 1 amide bonds. The van der Waals surface area contributed by atoms with Crippen molar-refractivity contribution in [3.63, 3.8) is 0 Å². The predicted octanol–water partition coefficient (Wildman–Crippen LogP) is 2.63. The van der Waals surface area contributed by atoms with E-state index in [9.17, 15) is 21.6 Å². The van der Waals surface area contributed by atoms with Gasteiger partial charge in [0.05, 0.1) is 23.0 Å². The number of piperidine rings is 1. The van der Waals surface area contributed by atoms with Crippen LogP contribution in [0.5, 0.6) is 0 Å². The molecule has 2 unspecified atom stereocenters. The van der Waals surface area contributed by atoms with Crippen molar-refractivity contribution in [3.05, 3.63) is 54.1 Å². The van der Waals surface area contributed by atoms with Gasteiger partial charge < -0.3 is 10.1 Å². The Morgan fingerprint density at radius 3 is 2.09 bits per heavy atom. The van der Waals surface area contributed by atoms with Gasteiger partial charge in [0.15, 0.2) is 0 Å². The monoisotopic (exact) mass is 521 g/mol. The minimum atomic E-state index is -3.73. The molecule has 11 heteroatoms. The molecule has 0 aliphatic carbocycles. The van der Waals surface area contributed by atoms with Crippen molar-refractivity contribution in [2.45, 2.75) is 30.1 Å². The van der Waals surface area contributed by atoms with E-state index in [-0.39, 0.29) is 28.4 Å². The topological polar surface area (TPSA) is 113 Å². The molecule has 0 spiro atoms. The number of carbonyl (C=O) groups is 1. The van der Waals surface area contributed by atoms with E-state index in [4.69, 9.17) is 4.74 Å². The van der Waals surface area contributed by atoms with Gasteiger partial charge in [-0.1, -0.05) is 19.9 Å². The molecule has 2 aromatic rings. The normalized spacial score (nSPS) is 22.6. The van der Waals surface area contributed by atoms with E-state index in [1.165, 1.54) is 57.1 Å². The second-order valence-corrected chi connectivity index (χ2v) is 13.2. The first-order chi connectivity index (χ1) is 16.6. The molecule has 35 heavy (non-hydrogen) atoms. The summed E-state index contributed by atoms with van der Waals surface area (Å²) in [7, 11) is -7.35. The fourth-order valence-electron chi connectivity index (χ4n) is 4.60. The van der Waals surface area contributed by atoms with Gasteiger partial charge in [-0.05, 0) is 60.7 Å². The highest BCUT2D eigenvalue weighted by Crippen LogP contribution is 2.27. The number of anilines is 1. The van der Waals surface area contributed by atoms with Gasteiger partial charge in [-0.3, -0.25) is 4.79 Å². The highest BCUT2D eigenvalue weighted by molar-refractivity contribution is 7.89. The van der Waals surface area contributed by atoms with E-state index in [1.54, 1.807) is 0 Å². The molecule has 190 valence electrons. The summed E-state index contributed by atoms with van der Waals surface area (Å²) in [6.45, 7) is 6.30. The molecular formula is C24H31N3O6S2. The summed E-state index contributed by atoms with van der Waals surface area (Å²) in [4.78, 5) is 13.0. The van der Waals surface area contributed by atoms with Gasteiger partial charge in [-0.15, -0.1) is 0 Å². The van der Waals surface area contributed by atoms with E-state index in [0.29, 0.717) is 43.8 Å². The summed E-state index contributed by atoms with van der Waals surface area (Å²) < 4.78 is 60.0. The van der Waals surface area contributed by atoms with E-state index < -0.39 is 26.0 Å². The lowest BCUT2D eigenvalue weighted by Crippen LogP contribution is -2.42. The van der Waals surface area contributed by atoms with Gasteiger partial charge in [0, 0.05) is 37.4 Å². The van der Waals surface area contributed by atoms with Crippen LogP contribution in [-0.4, -0.2) is 70.7 Å². The third kappa shape index (κ3) is 5.75. The Hall–Kier alpha value is -2.31. The van der Waals surface area contributed by atoms with E-state index in [1.807, 2.05) is 0 Å². The van der Waals surface area contributed by atoms with Crippen molar-refractivity contribution in [1.29, 1.82) is 0 Å². The van der Waals surface area contributed by atoms with Gasteiger partial charge in [0.25, 0.3) is 5.91 Å². The molecule has 4 rings (SSSR count). The van der Waals surface area contributed by atoms with Crippen molar-refractivity contribution in [1.82, 2.24) is 8.61 Å². The van der Waals surface area contributed by atoms with Gasteiger partial charge >= 0.3 is 0 Å². The molecule has 2 aliphatic heterocycles. The molecule has 0 aromatic heterocycles. The van der Waals surface area contributed by atoms with Crippen LogP contribution in [-0.2, 0) is 24.8 Å². The SMILES string of the molecule is CC1CC(C)CN(S(=O)(=O)c2ccc(NC(=O)c3cccc(S(=O)(=O)N4CCOCC4)c3)cc2)C1. The Bertz CT molecular complexity index is 1260. The van der Waals surface area contributed by atoms with Crippen molar-refractivity contribution in [3.8, 4) is 0 Å². The van der Waals surface area contributed by atoms with Crippen LogP contribution in [0.3, 0.4) is 0 Å². The molecule has 0 bridgehead atoms. The Morgan fingerprint density at radius 2 is 1.46 bits per heavy atom. The molecule has 2 atom stereocenters. The van der Waals surface area contributed by atoms with Crippen molar-refractivity contribution >= 4 is 31.6 Å². The molecule has 2 heterocycles. The van der Waals surface area contributed by atoms with Crippen LogP contribution in [0.25, 0.3) is 0 Å². The van der Waals surface area contributed by atoms with Gasteiger partial charge in [-0.2, -0.15) is 8.61 Å². The van der Waals surface area contributed by atoms with Crippen LogP contribution >= 0.6 is 0 Å². The van der Waals surface area contributed by atoms with E-state index in [0.717, 1.165) is 6.42 Å². The number of hydrogen-bond acceptors (Lipinski definition) is 6. The molecule has 9 nitrogen and oxygen atoms in total. The summed E-state index contributed by atoms with van der Waals surface area (Å²) in [5.41, 5.74) is 0.600. The number of nitrogens with one attached hydrogen (secondary N) is 1. The molecule has 2 aliphatic rings. The van der Waals surface area contributed by atoms with Crippen molar-refractivity contribution in [2.75, 3.05) is 44.7 Å².